The van der Waals surface area contributed by atoms with E-state index < -0.39 is 0 Å². The highest BCUT2D eigenvalue weighted by atomic mass is 35.5. The van der Waals surface area contributed by atoms with Crippen LogP contribution in [-0.2, 0) is 4.79 Å². The van der Waals surface area contributed by atoms with Crippen LogP contribution < -0.4 is 10.6 Å². The number of anilines is 1. The summed E-state index contributed by atoms with van der Waals surface area (Å²) in [5, 5.41) is 6.42. The molecule has 24 heavy (non-hydrogen) atoms. The molecule has 0 saturated heterocycles. The smallest absolute Gasteiger partial charge is 0.251 e. The van der Waals surface area contributed by atoms with Gasteiger partial charge in [0, 0.05) is 27.7 Å². The number of thioether (sulfide) groups is 1. The SMILES string of the molecule is CC(NC(=O)c1ccc2c(c1)NC(=O)CCS2)c1ccccc1Cl. The van der Waals surface area contributed by atoms with Crippen molar-refractivity contribution < 1.29 is 9.59 Å². The molecule has 1 heterocycles. The van der Waals surface area contributed by atoms with Crippen LogP contribution in [-0.4, -0.2) is 17.6 Å². The first-order valence-electron chi connectivity index (χ1n) is 7.66. The number of rotatable bonds is 3. The number of amides is 2. The quantitative estimate of drug-likeness (QED) is 0.859. The zero-order chi connectivity index (χ0) is 17.1. The Balaban J connectivity index is 1.78. The lowest BCUT2D eigenvalue weighted by molar-refractivity contribution is -0.115. The summed E-state index contributed by atoms with van der Waals surface area (Å²) in [6, 6.07) is 12.6. The molecule has 1 aliphatic heterocycles. The summed E-state index contributed by atoms with van der Waals surface area (Å²) in [5.74, 6) is 0.519. The fourth-order valence-electron chi connectivity index (χ4n) is 2.55. The largest absolute Gasteiger partial charge is 0.345 e. The maximum Gasteiger partial charge on any atom is 0.251 e. The predicted molar refractivity (Wildman–Crippen MR) is 97.7 cm³/mol. The van der Waals surface area contributed by atoms with Crippen LogP contribution in [0.5, 0.6) is 0 Å². The van der Waals surface area contributed by atoms with Crippen molar-refractivity contribution in [2.45, 2.75) is 24.3 Å². The van der Waals surface area contributed by atoms with Gasteiger partial charge in [-0.3, -0.25) is 9.59 Å². The van der Waals surface area contributed by atoms with Gasteiger partial charge in [0.2, 0.25) is 5.91 Å². The van der Waals surface area contributed by atoms with Crippen LogP contribution in [0.4, 0.5) is 5.69 Å². The van der Waals surface area contributed by atoms with Gasteiger partial charge in [0.05, 0.1) is 11.7 Å². The molecule has 0 bridgehead atoms. The minimum absolute atomic E-state index is 0.0248. The fourth-order valence-corrected chi connectivity index (χ4v) is 3.78. The van der Waals surface area contributed by atoms with Crippen LogP contribution >= 0.6 is 23.4 Å². The zero-order valence-corrected chi connectivity index (χ0v) is 14.7. The fraction of sp³-hybridized carbons (Fsp3) is 0.222. The van der Waals surface area contributed by atoms with Gasteiger partial charge < -0.3 is 10.6 Å². The lowest BCUT2D eigenvalue weighted by Gasteiger charge is -2.16. The molecule has 4 nitrogen and oxygen atoms in total. The molecule has 0 aromatic heterocycles. The second-order valence-corrected chi connectivity index (χ2v) is 7.12. The molecule has 0 spiro atoms. The lowest BCUT2D eigenvalue weighted by Crippen LogP contribution is -2.27. The van der Waals surface area contributed by atoms with Gasteiger partial charge in [-0.2, -0.15) is 0 Å². The molecule has 3 rings (SSSR count). The number of nitrogens with one attached hydrogen (secondary N) is 2. The van der Waals surface area contributed by atoms with Crippen LogP contribution in [0.15, 0.2) is 47.4 Å². The molecule has 0 saturated carbocycles. The second-order valence-electron chi connectivity index (χ2n) is 5.57. The summed E-state index contributed by atoms with van der Waals surface area (Å²) in [7, 11) is 0. The van der Waals surface area contributed by atoms with E-state index in [1.165, 1.54) is 0 Å². The van der Waals surface area contributed by atoms with Crippen LogP contribution in [0, 0.1) is 0 Å². The minimum Gasteiger partial charge on any atom is -0.345 e. The first kappa shape index (κ1) is 16.9. The molecule has 0 aliphatic carbocycles. The topological polar surface area (TPSA) is 58.2 Å². The second kappa shape index (κ2) is 7.28. The molecule has 2 amide bonds. The van der Waals surface area contributed by atoms with Crippen molar-refractivity contribution in [3.05, 3.63) is 58.6 Å². The molecule has 1 aliphatic rings. The highest BCUT2D eigenvalue weighted by Crippen LogP contribution is 2.31. The van der Waals surface area contributed by atoms with Crippen molar-refractivity contribution in [2.24, 2.45) is 0 Å². The maximum atomic E-state index is 12.5. The number of halogens is 1. The van der Waals surface area contributed by atoms with Crippen molar-refractivity contribution in [1.82, 2.24) is 5.32 Å². The van der Waals surface area contributed by atoms with E-state index in [1.54, 1.807) is 30.0 Å². The van der Waals surface area contributed by atoms with E-state index in [-0.39, 0.29) is 17.9 Å². The van der Waals surface area contributed by atoms with Crippen LogP contribution in [0.2, 0.25) is 5.02 Å². The molecule has 1 unspecified atom stereocenters. The molecule has 2 aromatic rings. The Morgan fingerprint density at radius 1 is 1.29 bits per heavy atom. The summed E-state index contributed by atoms with van der Waals surface area (Å²) in [6.45, 7) is 1.89. The molecule has 0 fully saturated rings. The van der Waals surface area contributed by atoms with Crippen molar-refractivity contribution in [1.29, 1.82) is 0 Å². The average molecular weight is 361 g/mol. The van der Waals surface area contributed by atoms with Gasteiger partial charge in [0.1, 0.15) is 0 Å². The monoisotopic (exact) mass is 360 g/mol. The predicted octanol–water partition coefficient (Wildman–Crippen LogP) is 4.27. The normalized spacial score (nSPS) is 15.0. The number of carbonyl (C=O) groups is 2. The van der Waals surface area contributed by atoms with Gasteiger partial charge in [0.25, 0.3) is 5.91 Å². The van der Waals surface area contributed by atoms with Gasteiger partial charge in [-0.05, 0) is 36.8 Å². The highest BCUT2D eigenvalue weighted by molar-refractivity contribution is 7.99. The summed E-state index contributed by atoms with van der Waals surface area (Å²) in [5.41, 5.74) is 2.07. The Hall–Kier alpha value is -1.98. The molecule has 0 radical (unpaired) electrons. The van der Waals surface area contributed by atoms with Crippen molar-refractivity contribution in [3.63, 3.8) is 0 Å². The Morgan fingerprint density at radius 2 is 2.08 bits per heavy atom. The van der Waals surface area contributed by atoms with Gasteiger partial charge in [-0.25, -0.2) is 0 Å². The average Bonchev–Trinajstić information content (AvgIpc) is 2.74. The van der Waals surface area contributed by atoms with Gasteiger partial charge >= 0.3 is 0 Å². The van der Waals surface area contributed by atoms with E-state index in [0.29, 0.717) is 22.7 Å². The van der Waals surface area contributed by atoms with Crippen molar-refractivity contribution in [2.75, 3.05) is 11.1 Å². The summed E-state index contributed by atoms with van der Waals surface area (Å²) < 4.78 is 0. The number of hydrogen-bond acceptors (Lipinski definition) is 3. The molecule has 6 heteroatoms. The number of benzene rings is 2. The first-order valence-corrected chi connectivity index (χ1v) is 9.03. The standard InChI is InChI=1S/C18H17ClN2O2S/c1-11(13-4-2-3-5-14(13)19)20-18(23)12-6-7-16-15(10-12)21-17(22)8-9-24-16/h2-7,10-11H,8-9H2,1H3,(H,20,23)(H,21,22). The van der Waals surface area contributed by atoms with E-state index in [9.17, 15) is 9.59 Å². The van der Waals surface area contributed by atoms with Crippen LogP contribution in [0.3, 0.4) is 0 Å². The molecule has 1 atom stereocenters. The van der Waals surface area contributed by atoms with Gasteiger partial charge in [-0.1, -0.05) is 29.8 Å². The maximum absolute atomic E-state index is 12.5. The molecule has 2 aromatic carbocycles. The Kier molecular flexibility index (Phi) is 5.11. The molecular weight excluding hydrogens is 344 g/mol. The number of carbonyl (C=O) groups excluding carboxylic acids is 2. The van der Waals surface area contributed by atoms with E-state index in [4.69, 9.17) is 11.6 Å². The third kappa shape index (κ3) is 3.74. The van der Waals surface area contributed by atoms with Crippen LogP contribution in [0.1, 0.15) is 35.3 Å². The summed E-state index contributed by atoms with van der Waals surface area (Å²) >= 11 is 7.79. The van der Waals surface area contributed by atoms with E-state index in [1.807, 2.05) is 31.2 Å². The van der Waals surface area contributed by atoms with Crippen molar-refractivity contribution >= 4 is 40.9 Å². The zero-order valence-electron chi connectivity index (χ0n) is 13.1. The third-order valence-corrected chi connectivity index (χ3v) is 5.24. The Morgan fingerprint density at radius 3 is 2.88 bits per heavy atom. The molecule has 124 valence electrons. The lowest BCUT2D eigenvalue weighted by atomic mass is 10.1. The Bertz CT molecular complexity index is 794. The van der Waals surface area contributed by atoms with E-state index >= 15 is 0 Å². The molecular formula is C18H17ClN2O2S. The summed E-state index contributed by atoms with van der Waals surface area (Å²) in [6.07, 6.45) is 0.477. The minimum atomic E-state index is -0.214. The number of hydrogen-bond donors (Lipinski definition) is 2. The Labute approximate surface area is 150 Å². The van der Waals surface area contributed by atoms with Gasteiger partial charge in [0.15, 0.2) is 0 Å². The first-order chi connectivity index (χ1) is 11.5. The highest BCUT2D eigenvalue weighted by Gasteiger charge is 2.17. The third-order valence-electron chi connectivity index (χ3n) is 3.82. The summed E-state index contributed by atoms with van der Waals surface area (Å²) in [4.78, 5) is 25.2. The van der Waals surface area contributed by atoms with Gasteiger partial charge in [-0.15, -0.1) is 11.8 Å². The van der Waals surface area contributed by atoms with E-state index in [0.717, 1.165) is 16.2 Å². The van der Waals surface area contributed by atoms with Crippen LogP contribution in [0.25, 0.3) is 0 Å². The molecule has 2 N–H and O–H groups in total. The number of fused-ring (bicyclic) bond motifs is 1. The van der Waals surface area contributed by atoms with Crippen molar-refractivity contribution in [3.8, 4) is 0 Å². The van der Waals surface area contributed by atoms with E-state index in [2.05, 4.69) is 10.6 Å².